The van der Waals surface area contributed by atoms with Crippen LogP contribution in [0.1, 0.15) is 44.2 Å². The Labute approximate surface area is 132 Å². The molecule has 0 heterocycles. The van der Waals surface area contributed by atoms with Gasteiger partial charge in [-0.3, -0.25) is 10.1 Å². The summed E-state index contributed by atoms with van der Waals surface area (Å²) < 4.78 is 5.17. The van der Waals surface area contributed by atoms with Gasteiger partial charge in [0.2, 0.25) is 0 Å². The van der Waals surface area contributed by atoms with E-state index in [1.165, 1.54) is 12.7 Å². The fourth-order valence-corrected chi connectivity index (χ4v) is 3.42. The van der Waals surface area contributed by atoms with Gasteiger partial charge in [-0.05, 0) is 62.4 Å². The van der Waals surface area contributed by atoms with Crippen molar-refractivity contribution in [1.29, 1.82) is 0 Å². The molecule has 1 aliphatic carbocycles. The Bertz CT molecular complexity index is 525. The topological polar surface area (TPSA) is 55.6 Å². The average Bonchev–Trinajstić information content (AvgIpc) is 2.52. The lowest BCUT2D eigenvalue weighted by molar-refractivity contribution is -0.385. The van der Waals surface area contributed by atoms with Gasteiger partial charge in [0.1, 0.15) is 0 Å². The molecule has 1 aromatic rings. The van der Waals surface area contributed by atoms with E-state index >= 15 is 0 Å². The Hall–Kier alpha value is -1.62. The lowest BCUT2D eigenvalue weighted by Gasteiger charge is -2.35. The molecule has 0 N–H and O–H groups in total. The lowest BCUT2D eigenvalue weighted by atomic mass is 9.86. The highest BCUT2D eigenvalue weighted by Crippen LogP contribution is 2.35. The molecule has 0 saturated heterocycles. The largest absolute Gasteiger partial charge is 0.490 e. The Morgan fingerprint density at radius 3 is 2.50 bits per heavy atom. The summed E-state index contributed by atoms with van der Waals surface area (Å²) in [7, 11) is 1.49. The molecule has 1 unspecified atom stereocenters. The van der Waals surface area contributed by atoms with Crippen molar-refractivity contribution < 1.29 is 9.66 Å². The van der Waals surface area contributed by atoms with E-state index in [4.69, 9.17) is 4.74 Å². The van der Waals surface area contributed by atoms with E-state index in [-0.39, 0.29) is 10.6 Å². The number of rotatable bonds is 7. The number of nitro groups is 1. The molecule has 0 aliphatic heterocycles. The van der Waals surface area contributed by atoms with Crippen molar-refractivity contribution in [2.75, 3.05) is 20.2 Å². The van der Waals surface area contributed by atoms with Crippen LogP contribution in [-0.2, 0) is 12.8 Å². The minimum Gasteiger partial charge on any atom is -0.490 e. The van der Waals surface area contributed by atoms with E-state index in [0.29, 0.717) is 11.8 Å². The highest BCUT2D eigenvalue weighted by molar-refractivity contribution is 5.53. The van der Waals surface area contributed by atoms with Gasteiger partial charge in [0, 0.05) is 12.1 Å². The molecule has 1 aliphatic rings. The second-order valence-electron chi connectivity index (χ2n) is 5.98. The third kappa shape index (κ3) is 3.58. The van der Waals surface area contributed by atoms with E-state index in [2.05, 4.69) is 18.7 Å². The molecule has 1 atom stereocenters. The SMILES string of the molecule is CCCN(CCC)C1CCc2cc(OC)c([N+](=O)[O-])cc2C1. The van der Waals surface area contributed by atoms with Gasteiger partial charge < -0.3 is 9.64 Å². The van der Waals surface area contributed by atoms with Crippen LogP contribution >= 0.6 is 0 Å². The molecule has 0 amide bonds. The first-order valence-electron chi connectivity index (χ1n) is 8.18. The quantitative estimate of drug-likeness (QED) is 0.570. The Kier molecular flexibility index (Phi) is 5.77. The predicted octanol–water partition coefficient (Wildman–Crippen LogP) is 3.58. The van der Waals surface area contributed by atoms with Crippen LogP contribution < -0.4 is 4.74 Å². The maximum Gasteiger partial charge on any atom is 0.311 e. The molecule has 0 bridgehead atoms. The number of hydrogen-bond acceptors (Lipinski definition) is 4. The second-order valence-corrected chi connectivity index (χ2v) is 5.98. The fourth-order valence-electron chi connectivity index (χ4n) is 3.42. The molecular formula is C17H26N2O3. The summed E-state index contributed by atoms with van der Waals surface area (Å²) in [6.45, 7) is 6.61. The zero-order valence-electron chi connectivity index (χ0n) is 13.8. The van der Waals surface area contributed by atoms with Gasteiger partial charge in [-0.25, -0.2) is 0 Å². The summed E-state index contributed by atoms with van der Waals surface area (Å²) in [5.74, 6) is 0.376. The number of benzene rings is 1. The molecule has 0 saturated carbocycles. The Balaban J connectivity index is 2.25. The van der Waals surface area contributed by atoms with Crippen LogP contribution in [0.2, 0.25) is 0 Å². The van der Waals surface area contributed by atoms with Gasteiger partial charge >= 0.3 is 5.69 Å². The van der Waals surface area contributed by atoms with Crippen LogP contribution in [-0.4, -0.2) is 36.1 Å². The fraction of sp³-hybridized carbons (Fsp3) is 0.647. The number of methoxy groups -OCH3 is 1. The molecule has 22 heavy (non-hydrogen) atoms. The molecule has 0 aromatic heterocycles. The van der Waals surface area contributed by atoms with Crippen molar-refractivity contribution >= 4 is 5.69 Å². The maximum atomic E-state index is 11.2. The smallest absolute Gasteiger partial charge is 0.311 e. The van der Waals surface area contributed by atoms with Crippen molar-refractivity contribution in [2.45, 2.75) is 52.0 Å². The standard InChI is InChI=1S/C17H26N2O3/c1-4-8-18(9-5-2)15-7-6-13-12-17(22-3)16(19(20)21)11-14(13)10-15/h11-12,15H,4-10H2,1-3H3. The van der Waals surface area contributed by atoms with E-state index in [0.717, 1.165) is 50.8 Å². The van der Waals surface area contributed by atoms with Crippen molar-refractivity contribution in [3.63, 3.8) is 0 Å². The third-order valence-electron chi connectivity index (χ3n) is 4.44. The number of nitro benzene ring substituents is 1. The number of ether oxygens (including phenoxy) is 1. The van der Waals surface area contributed by atoms with Crippen molar-refractivity contribution in [1.82, 2.24) is 4.90 Å². The summed E-state index contributed by atoms with van der Waals surface area (Å²) in [4.78, 5) is 13.4. The van der Waals surface area contributed by atoms with Crippen LogP contribution in [0.3, 0.4) is 0 Å². The van der Waals surface area contributed by atoms with Crippen molar-refractivity contribution in [3.05, 3.63) is 33.4 Å². The zero-order valence-corrected chi connectivity index (χ0v) is 13.8. The second kappa shape index (κ2) is 7.58. The van der Waals surface area contributed by atoms with E-state index in [1.54, 1.807) is 6.07 Å². The van der Waals surface area contributed by atoms with Crippen LogP contribution in [0.15, 0.2) is 12.1 Å². The van der Waals surface area contributed by atoms with E-state index in [9.17, 15) is 10.1 Å². The first kappa shape index (κ1) is 16.7. The molecule has 0 fully saturated rings. The Morgan fingerprint density at radius 2 is 1.95 bits per heavy atom. The summed E-state index contributed by atoms with van der Waals surface area (Å²) >= 11 is 0. The first-order chi connectivity index (χ1) is 10.6. The minimum absolute atomic E-state index is 0.0828. The molecular weight excluding hydrogens is 280 g/mol. The van der Waals surface area contributed by atoms with Gasteiger partial charge in [-0.1, -0.05) is 13.8 Å². The average molecular weight is 306 g/mol. The number of aryl methyl sites for hydroxylation is 1. The summed E-state index contributed by atoms with van der Waals surface area (Å²) in [6.07, 6.45) is 5.28. The highest BCUT2D eigenvalue weighted by atomic mass is 16.6. The highest BCUT2D eigenvalue weighted by Gasteiger charge is 2.27. The zero-order chi connectivity index (χ0) is 16.1. The van der Waals surface area contributed by atoms with Crippen molar-refractivity contribution in [3.8, 4) is 5.75 Å². The van der Waals surface area contributed by atoms with E-state index in [1.807, 2.05) is 6.07 Å². The van der Waals surface area contributed by atoms with Crippen LogP contribution in [0.5, 0.6) is 5.75 Å². The lowest BCUT2D eigenvalue weighted by Crippen LogP contribution is -2.40. The van der Waals surface area contributed by atoms with Gasteiger partial charge in [-0.2, -0.15) is 0 Å². The molecule has 5 nitrogen and oxygen atoms in total. The summed E-state index contributed by atoms with van der Waals surface area (Å²) in [6, 6.07) is 4.07. The molecule has 122 valence electrons. The monoisotopic (exact) mass is 306 g/mol. The van der Waals surface area contributed by atoms with Crippen LogP contribution in [0, 0.1) is 10.1 Å². The van der Waals surface area contributed by atoms with Crippen LogP contribution in [0.25, 0.3) is 0 Å². The number of hydrogen-bond donors (Lipinski definition) is 0. The molecule has 0 radical (unpaired) electrons. The number of fused-ring (bicyclic) bond motifs is 1. The van der Waals surface area contributed by atoms with Gasteiger partial charge in [0.15, 0.2) is 5.75 Å². The minimum atomic E-state index is -0.349. The summed E-state index contributed by atoms with van der Waals surface area (Å²) in [5.41, 5.74) is 2.40. The first-order valence-corrected chi connectivity index (χ1v) is 8.18. The van der Waals surface area contributed by atoms with Gasteiger partial charge in [0.25, 0.3) is 0 Å². The van der Waals surface area contributed by atoms with Gasteiger partial charge in [-0.15, -0.1) is 0 Å². The number of nitrogens with zero attached hydrogens (tertiary/aromatic N) is 2. The predicted molar refractivity (Wildman–Crippen MR) is 87.6 cm³/mol. The summed E-state index contributed by atoms with van der Waals surface area (Å²) in [5, 5.41) is 11.2. The van der Waals surface area contributed by atoms with E-state index < -0.39 is 0 Å². The molecule has 2 rings (SSSR count). The van der Waals surface area contributed by atoms with Gasteiger partial charge in [0.05, 0.1) is 12.0 Å². The normalized spacial score (nSPS) is 17.4. The van der Waals surface area contributed by atoms with Crippen molar-refractivity contribution in [2.24, 2.45) is 0 Å². The maximum absolute atomic E-state index is 11.2. The molecule has 0 spiro atoms. The molecule has 5 heteroatoms. The Morgan fingerprint density at radius 1 is 1.27 bits per heavy atom. The third-order valence-corrected chi connectivity index (χ3v) is 4.44. The molecule has 1 aromatic carbocycles. The van der Waals surface area contributed by atoms with Crippen LogP contribution in [0.4, 0.5) is 5.69 Å².